The van der Waals surface area contributed by atoms with Gasteiger partial charge in [-0.15, -0.1) is 0 Å². The number of carbonyl (C=O) groups excluding carboxylic acids is 1. The Kier molecular flexibility index (Phi) is 4.76. The SMILES string of the molecule is O=C(NCCn1nc(C2CC2)cc1C1CC1)NC1CCCCCC1. The summed E-state index contributed by atoms with van der Waals surface area (Å²) in [5.41, 5.74) is 2.67. The van der Waals surface area contributed by atoms with E-state index in [0.717, 1.165) is 19.4 Å². The Morgan fingerprint density at radius 2 is 1.75 bits per heavy atom. The van der Waals surface area contributed by atoms with Crippen molar-refractivity contribution in [1.29, 1.82) is 0 Å². The highest BCUT2D eigenvalue weighted by atomic mass is 16.2. The number of hydrogen-bond donors (Lipinski definition) is 2. The van der Waals surface area contributed by atoms with Crippen molar-refractivity contribution in [1.82, 2.24) is 20.4 Å². The van der Waals surface area contributed by atoms with Gasteiger partial charge in [-0.25, -0.2) is 4.79 Å². The van der Waals surface area contributed by atoms with E-state index in [-0.39, 0.29) is 6.03 Å². The molecule has 5 heteroatoms. The summed E-state index contributed by atoms with van der Waals surface area (Å²) in [7, 11) is 0. The number of amides is 2. The fourth-order valence-electron chi connectivity index (χ4n) is 3.85. The van der Waals surface area contributed by atoms with Gasteiger partial charge in [0.1, 0.15) is 0 Å². The molecule has 0 saturated heterocycles. The van der Waals surface area contributed by atoms with Crippen molar-refractivity contribution in [2.75, 3.05) is 6.54 Å². The molecule has 4 rings (SSSR count). The normalized spacial score (nSPS) is 22.2. The molecule has 2 amide bonds. The monoisotopic (exact) mass is 330 g/mol. The molecule has 24 heavy (non-hydrogen) atoms. The average Bonchev–Trinajstić information content (AvgIpc) is 3.46. The standard InChI is InChI=1S/C19H30N4O/c24-19(21-16-5-3-1-2-4-6-16)20-11-12-23-18(15-9-10-15)13-17(22-23)14-7-8-14/h13-16H,1-12H2,(H2,20,21,24). The largest absolute Gasteiger partial charge is 0.336 e. The minimum Gasteiger partial charge on any atom is -0.336 e. The second-order valence-corrected chi connectivity index (χ2v) is 7.85. The third-order valence-corrected chi connectivity index (χ3v) is 5.62. The Morgan fingerprint density at radius 1 is 1.04 bits per heavy atom. The lowest BCUT2D eigenvalue weighted by atomic mass is 10.1. The molecular weight excluding hydrogens is 300 g/mol. The maximum Gasteiger partial charge on any atom is 0.315 e. The number of rotatable bonds is 6. The quantitative estimate of drug-likeness (QED) is 0.782. The van der Waals surface area contributed by atoms with Crippen LogP contribution in [0.2, 0.25) is 0 Å². The van der Waals surface area contributed by atoms with Crippen molar-refractivity contribution in [3.63, 3.8) is 0 Å². The van der Waals surface area contributed by atoms with Gasteiger partial charge in [-0.1, -0.05) is 25.7 Å². The number of carbonyl (C=O) groups is 1. The lowest BCUT2D eigenvalue weighted by Gasteiger charge is -2.17. The first-order valence-electron chi connectivity index (χ1n) is 9.91. The summed E-state index contributed by atoms with van der Waals surface area (Å²) >= 11 is 0. The average molecular weight is 330 g/mol. The molecule has 2 N–H and O–H groups in total. The van der Waals surface area contributed by atoms with Gasteiger partial charge < -0.3 is 10.6 Å². The van der Waals surface area contributed by atoms with Gasteiger partial charge in [0.15, 0.2) is 0 Å². The summed E-state index contributed by atoms with van der Waals surface area (Å²) < 4.78 is 2.15. The number of urea groups is 1. The van der Waals surface area contributed by atoms with Gasteiger partial charge in [-0.05, 0) is 44.6 Å². The van der Waals surface area contributed by atoms with Crippen LogP contribution in [0.1, 0.15) is 87.4 Å². The number of nitrogens with one attached hydrogen (secondary N) is 2. The molecule has 1 aromatic rings. The molecule has 0 aromatic carbocycles. The van der Waals surface area contributed by atoms with Crippen LogP contribution in [0.4, 0.5) is 4.79 Å². The van der Waals surface area contributed by atoms with Gasteiger partial charge in [0, 0.05) is 30.1 Å². The molecule has 0 bridgehead atoms. The molecule has 132 valence electrons. The molecule has 1 heterocycles. The van der Waals surface area contributed by atoms with E-state index in [0.29, 0.717) is 24.4 Å². The Labute approximate surface area is 144 Å². The van der Waals surface area contributed by atoms with Crippen molar-refractivity contribution in [3.05, 3.63) is 17.5 Å². The second-order valence-electron chi connectivity index (χ2n) is 7.85. The minimum atomic E-state index is -0.00977. The fraction of sp³-hybridized carbons (Fsp3) is 0.789. The van der Waals surface area contributed by atoms with Crippen LogP contribution < -0.4 is 10.6 Å². The first-order chi connectivity index (χ1) is 11.8. The van der Waals surface area contributed by atoms with Gasteiger partial charge >= 0.3 is 6.03 Å². The van der Waals surface area contributed by atoms with Crippen LogP contribution in [0.15, 0.2) is 6.07 Å². The predicted octanol–water partition coefficient (Wildman–Crippen LogP) is 3.66. The van der Waals surface area contributed by atoms with Crippen molar-refractivity contribution in [2.24, 2.45) is 0 Å². The molecule has 3 saturated carbocycles. The van der Waals surface area contributed by atoms with Gasteiger partial charge in [-0.2, -0.15) is 5.10 Å². The summed E-state index contributed by atoms with van der Waals surface area (Å²) in [6.07, 6.45) is 12.5. The highest BCUT2D eigenvalue weighted by molar-refractivity contribution is 5.74. The Bertz CT molecular complexity index is 566. The topological polar surface area (TPSA) is 59.0 Å². The van der Waals surface area contributed by atoms with E-state index in [1.807, 2.05) is 0 Å². The zero-order valence-electron chi connectivity index (χ0n) is 14.6. The van der Waals surface area contributed by atoms with E-state index in [2.05, 4.69) is 21.4 Å². The first kappa shape index (κ1) is 16.0. The van der Waals surface area contributed by atoms with E-state index >= 15 is 0 Å². The Morgan fingerprint density at radius 3 is 2.42 bits per heavy atom. The predicted molar refractivity (Wildman–Crippen MR) is 94.2 cm³/mol. The van der Waals surface area contributed by atoms with Crippen LogP contribution in [0.25, 0.3) is 0 Å². The van der Waals surface area contributed by atoms with Gasteiger partial charge in [-0.3, -0.25) is 4.68 Å². The number of nitrogens with zero attached hydrogens (tertiary/aromatic N) is 2. The molecule has 1 aromatic heterocycles. The summed E-state index contributed by atoms with van der Waals surface area (Å²) in [6.45, 7) is 1.45. The molecule has 0 atom stereocenters. The molecule has 3 aliphatic rings. The molecule has 3 aliphatic carbocycles. The van der Waals surface area contributed by atoms with Crippen molar-refractivity contribution in [2.45, 2.75) is 88.6 Å². The van der Waals surface area contributed by atoms with E-state index in [4.69, 9.17) is 5.10 Å². The van der Waals surface area contributed by atoms with Crippen LogP contribution in [0.3, 0.4) is 0 Å². The summed E-state index contributed by atoms with van der Waals surface area (Å²) in [5, 5.41) is 11.0. The van der Waals surface area contributed by atoms with E-state index in [1.165, 1.54) is 62.8 Å². The zero-order chi connectivity index (χ0) is 16.4. The zero-order valence-corrected chi connectivity index (χ0v) is 14.6. The van der Waals surface area contributed by atoms with Crippen LogP contribution >= 0.6 is 0 Å². The molecule has 0 unspecified atom stereocenters. The lowest BCUT2D eigenvalue weighted by molar-refractivity contribution is 0.235. The maximum atomic E-state index is 12.1. The van der Waals surface area contributed by atoms with Gasteiger partial charge in [0.05, 0.1) is 12.2 Å². The maximum absolute atomic E-state index is 12.1. The van der Waals surface area contributed by atoms with Gasteiger partial charge in [0.2, 0.25) is 0 Å². The highest BCUT2D eigenvalue weighted by Crippen LogP contribution is 2.44. The smallest absolute Gasteiger partial charge is 0.315 e. The molecule has 3 fully saturated rings. The molecule has 0 radical (unpaired) electrons. The highest BCUT2D eigenvalue weighted by Gasteiger charge is 2.32. The van der Waals surface area contributed by atoms with E-state index in [1.54, 1.807) is 0 Å². The van der Waals surface area contributed by atoms with Gasteiger partial charge in [0.25, 0.3) is 0 Å². The Balaban J connectivity index is 1.25. The molecule has 0 aliphatic heterocycles. The third kappa shape index (κ3) is 4.11. The summed E-state index contributed by atoms with van der Waals surface area (Å²) in [6, 6.07) is 2.67. The van der Waals surface area contributed by atoms with Crippen molar-refractivity contribution in [3.8, 4) is 0 Å². The second kappa shape index (κ2) is 7.16. The van der Waals surface area contributed by atoms with Crippen LogP contribution in [-0.4, -0.2) is 28.4 Å². The molecule has 5 nitrogen and oxygen atoms in total. The summed E-state index contributed by atoms with van der Waals surface area (Å²) in [5.74, 6) is 1.42. The molecule has 0 spiro atoms. The summed E-state index contributed by atoms with van der Waals surface area (Å²) in [4.78, 5) is 12.1. The van der Waals surface area contributed by atoms with E-state index in [9.17, 15) is 4.79 Å². The molecular formula is C19H30N4O. The van der Waals surface area contributed by atoms with Crippen LogP contribution in [-0.2, 0) is 6.54 Å². The minimum absolute atomic E-state index is 0.00977. The number of aromatic nitrogens is 2. The lowest BCUT2D eigenvalue weighted by Crippen LogP contribution is -2.43. The van der Waals surface area contributed by atoms with E-state index < -0.39 is 0 Å². The first-order valence-corrected chi connectivity index (χ1v) is 9.91. The van der Waals surface area contributed by atoms with Crippen LogP contribution in [0, 0.1) is 0 Å². The number of hydrogen-bond acceptors (Lipinski definition) is 2. The fourth-order valence-corrected chi connectivity index (χ4v) is 3.85. The van der Waals surface area contributed by atoms with Crippen molar-refractivity contribution < 1.29 is 4.79 Å². The third-order valence-electron chi connectivity index (χ3n) is 5.62. The Hall–Kier alpha value is -1.52. The van der Waals surface area contributed by atoms with Crippen molar-refractivity contribution >= 4 is 6.03 Å². The van der Waals surface area contributed by atoms with Crippen LogP contribution in [0.5, 0.6) is 0 Å².